The number of carbonyl (C=O) groups is 3. The van der Waals surface area contributed by atoms with Crippen LogP contribution < -0.4 is 0 Å². The van der Waals surface area contributed by atoms with E-state index in [-0.39, 0.29) is 24.5 Å². The summed E-state index contributed by atoms with van der Waals surface area (Å²) in [6.45, 7) is 0.931. The van der Waals surface area contributed by atoms with Gasteiger partial charge in [-0.25, -0.2) is 9.69 Å². The van der Waals surface area contributed by atoms with E-state index in [1.54, 1.807) is 4.90 Å². The van der Waals surface area contributed by atoms with Crippen LogP contribution in [0, 0.1) is 5.92 Å². The van der Waals surface area contributed by atoms with E-state index in [0.29, 0.717) is 31.8 Å². The van der Waals surface area contributed by atoms with Crippen LogP contribution in [0.3, 0.4) is 0 Å². The summed E-state index contributed by atoms with van der Waals surface area (Å²) in [5, 5.41) is 0. The SMILES string of the molecule is O=C(CCC1CCCC1)N1CCC(N2C(=O)COC2=O)C1. The minimum atomic E-state index is -0.565. The minimum Gasteiger partial charge on any atom is -0.439 e. The Labute approximate surface area is 124 Å². The molecule has 0 aromatic rings. The number of nitrogens with zero attached hydrogens (tertiary/aromatic N) is 2. The fourth-order valence-corrected chi connectivity index (χ4v) is 3.68. The number of hydrogen-bond donors (Lipinski definition) is 0. The molecule has 116 valence electrons. The van der Waals surface area contributed by atoms with Crippen molar-refractivity contribution in [3.8, 4) is 0 Å². The van der Waals surface area contributed by atoms with E-state index < -0.39 is 6.09 Å². The minimum absolute atomic E-state index is 0.157. The third-order valence-corrected chi connectivity index (χ3v) is 4.91. The molecule has 0 aromatic carbocycles. The lowest BCUT2D eigenvalue weighted by molar-refractivity contribution is -0.132. The van der Waals surface area contributed by atoms with Crippen molar-refractivity contribution in [3.05, 3.63) is 0 Å². The largest absolute Gasteiger partial charge is 0.439 e. The Bertz CT molecular complexity index is 429. The van der Waals surface area contributed by atoms with Gasteiger partial charge in [0.2, 0.25) is 5.91 Å². The number of ether oxygens (including phenoxy) is 1. The number of likely N-dealkylation sites (tertiary alicyclic amines) is 1. The molecular formula is C15H22N2O4. The van der Waals surface area contributed by atoms with Crippen LogP contribution in [-0.2, 0) is 14.3 Å². The van der Waals surface area contributed by atoms with Crippen LogP contribution in [0.2, 0.25) is 0 Å². The second-order valence-electron chi connectivity index (χ2n) is 6.29. The second kappa shape index (κ2) is 6.03. The van der Waals surface area contributed by atoms with E-state index in [1.165, 1.54) is 30.6 Å². The molecule has 0 N–H and O–H groups in total. The topological polar surface area (TPSA) is 66.9 Å². The third kappa shape index (κ3) is 3.04. The first-order valence-electron chi connectivity index (χ1n) is 7.91. The van der Waals surface area contributed by atoms with Crippen molar-refractivity contribution in [1.82, 2.24) is 9.80 Å². The number of hydrogen-bond acceptors (Lipinski definition) is 4. The van der Waals surface area contributed by atoms with Crippen LogP contribution in [0.15, 0.2) is 0 Å². The highest BCUT2D eigenvalue weighted by molar-refractivity contribution is 5.98. The van der Waals surface area contributed by atoms with E-state index in [4.69, 9.17) is 4.74 Å². The molecule has 2 heterocycles. The first-order chi connectivity index (χ1) is 10.1. The van der Waals surface area contributed by atoms with Crippen LogP contribution >= 0.6 is 0 Å². The van der Waals surface area contributed by atoms with E-state index >= 15 is 0 Å². The molecule has 2 aliphatic heterocycles. The highest BCUT2D eigenvalue weighted by atomic mass is 16.6. The average molecular weight is 294 g/mol. The van der Waals surface area contributed by atoms with E-state index in [2.05, 4.69) is 0 Å². The van der Waals surface area contributed by atoms with Crippen molar-refractivity contribution in [2.75, 3.05) is 19.7 Å². The Morgan fingerprint density at radius 2 is 1.95 bits per heavy atom. The predicted octanol–water partition coefficient (Wildman–Crippen LogP) is 1.54. The monoisotopic (exact) mass is 294 g/mol. The lowest BCUT2D eigenvalue weighted by Gasteiger charge is -2.21. The summed E-state index contributed by atoms with van der Waals surface area (Å²) < 4.78 is 4.73. The molecule has 1 saturated carbocycles. The number of carbonyl (C=O) groups excluding carboxylic acids is 3. The molecule has 3 fully saturated rings. The smallest absolute Gasteiger partial charge is 0.417 e. The molecule has 2 saturated heterocycles. The van der Waals surface area contributed by atoms with Crippen molar-refractivity contribution in [2.24, 2.45) is 5.92 Å². The maximum Gasteiger partial charge on any atom is 0.417 e. The summed E-state index contributed by atoms with van der Waals surface area (Å²) in [4.78, 5) is 38.4. The van der Waals surface area contributed by atoms with Gasteiger partial charge in [-0.05, 0) is 18.8 Å². The molecule has 6 heteroatoms. The van der Waals surface area contributed by atoms with Gasteiger partial charge in [0.05, 0.1) is 6.04 Å². The van der Waals surface area contributed by atoms with Gasteiger partial charge in [-0.1, -0.05) is 25.7 Å². The standard InChI is InChI=1S/C15H22N2O4/c18-13(6-5-11-3-1-2-4-11)16-8-7-12(9-16)17-14(19)10-21-15(17)20/h11-12H,1-10H2. The second-order valence-corrected chi connectivity index (χ2v) is 6.29. The van der Waals surface area contributed by atoms with Gasteiger partial charge in [0.1, 0.15) is 0 Å². The Morgan fingerprint density at radius 1 is 1.19 bits per heavy atom. The van der Waals surface area contributed by atoms with Crippen molar-refractivity contribution < 1.29 is 19.1 Å². The summed E-state index contributed by atoms with van der Waals surface area (Å²) in [7, 11) is 0. The number of imide groups is 1. The van der Waals surface area contributed by atoms with Crippen molar-refractivity contribution >= 4 is 17.9 Å². The molecule has 3 aliphatic rings. The third-order valence-electron chi connectivity index (χ3n) is 4.91. The van der Waals surface area contributed by atoms with Gasteiger partial charge >= 0.3 is 6.09 Å². The van der Waals surface area contributed by atoms with Crippen molar-refractivity contribution in [3.63, 3.8) is 0 Å². The summed E-state index contributed by atoms with van der Waals surface area (Å²) in [5.74, 6) is 0.581. The fourth-order valence-electron chi connectivity index (χ4n) is 3.68. The van der Waals surface area contributed by atoms with Gasteiger partial charge in [0.25, 0.3) is 5.91 Å². The van der Waals surface area contributed by atoms with Gasteiger partial charge in [-0.15, -0.1) is 0 Å². The molecule has 3 amide bonds. The number of cyclic esters (lactones) is 1. The quantitative estimate of drug-likeness (QED) is 0.788. The van der Waals surface area contributed by atoms with Gasteiger partial charge in [0.15, 0.2) is 6.61 Å². The molecule has 0 bridgehead atoms. The molecule has 0 spiro atoms. The van der Waals surface area contributed by atoms with Gasteiger partial charge in [-0.2, -0.15) is 0 Å². The average Bonchev–Trinajstić information content (AvgIpc) is 3.18. The maximum absolute atomic E-state index is 12.2. The molecule has 6 nitrogen and oxygen atoms in total. The zero-order valence-electron chi connectivity index (χ0n) is 12.3. The Hall–Kier alpha value is -1.59. The van der Waals surface area contributed by atoms with Gasteiger partial charge in [0, 0.05) is 19.5 Å². The van der Waals surface area contributed by atoms with Crippen LogP contribution in [0.5, 0.6) is 0 Å². The van der Waals surface area contributed by atoms with Gasteiger partial charge in [-0.3, -0.25) is 9.59 Å². The zero-order chi connectivity index (χ0) is 14.8. The first-order valence-corrected chi connectivity index (χ1v) is 7.91. The van der Waals surface area contributed by atoms with E-state index in [1.807, 2.05) is 0 Å². The van der Waals surface area contributed by atoms with Crippen molar-refractivity contribution in [2.45, 2.75) is 51.0 Å². The number of rotatable bonds is 4. The predicted molar refractivity (Wildman–Crippen MR) is 74.4 cm³/mol. The summed E-state index contributed by atoms with van der Waals surface area (Å²) in [6.07, 6.45) is 6.77. The van der Waals surface area contributed by atoms with Crippen LogP contribution in [0.25, 0.3) is 0 Å². The molecule has 0 radical (unpaired) electrons. The maximum atomic E-state index is 12.2. The van der Waals surface area contributed by atoms with E-state index in [9.17, 15) is 14.4 Å². The molecule has 3 rings (SSSR count). The molecule has 1 aliphatic carbocycles. The Morgan fingerprint density at radius 3 is 2.62 bits per heavy atom. The highest BCUT2D eigenvalue weighted by Gasteiger charge is 2.41. The Balaban J connectivity index is 1.48. The molecular weight excluding hydrogens is 272 g/mol. The van der Waals surface area contributed by atoms with Crippen LogP contribution in [0.4, 0.5) is 4.79 Å². The lowest BCUT2D eigenvalue weighted by atomic mass is 10.0. The van der Waals surface area contributed by atoms with Crippen molar-refractivity contribution in [1.29, 1.82) is 0 Å². The highest BCUT2D eigenvalue weighted by Crippen LogP contribution is 2.29. The Kier molecular flexibility index (Phi) is 4.12. The summed E-state index contributed by atoms with van der Waals surface area (Å²) in [5.41, 5.74) is 0. The molecule has 21 heavy (non-hydrogen) atoms. The van der Waals surface area contributed by atoms with Crippen LogP contribution in [-0.4, -0.2) is 53.4 Å². The van der Waals surface area contributed by atoms with Crippen LogP contribution in [0.1, 0.15) is 44.9 Å². The zero-order valence-corrected chi connectivity index (χ0v) is 12.3. The summed E-state index contributed by atoms with van der Waals surface area (Å²) in [6, 6.07) is -0.206. The molecule has 1 unspecified atom stereocenters. The molecule has 0 aromatic heterocycles. The van der Waals surface area contributed by atoms with Gasteiger partial charge < -0.3 is 9.64 Å². The summed E-state index contributed by atoms with van der Waals surface area (Å²) >= 11 is 0. The van der Waals surface area contributed by atoms with E-state index in [0.717, 1.165) is 6.42 Å². The number of amides is 3. The normalized spacial score (nSPS) is 26.8. The fraction of sp³-hybridized carbons (Fsp3) is 0.800. The molecule has 1 atom stereocenters. The first kappa shape index (κ1) is 14.4. The lowest BCUT2D eigenvalue weighted by Crippen LogP contribution is -2.42.